The highest BCUT2D eigenvalue weighted by molar-refractivity contribution is 4.78. The molecule has 0 bridgehead atoms. The highest BCUT2D eigenvalue weighted by Crippen LogP contribution is 2.23. The molecule has 0 aromatic heterocycles. The fraction of sp³-hybridized carbons (Fsp3) is 1.00. The van der Waals surface area contributed by atoms with Gasteiger partial charge in [0.2, 0.25) is 0 Å². The van der Waals surface area contributed by atoms with E-state index in [1.165, 1.54) is 38.9 Å². The van der Waals surface area contributed by atoms with Gasteiger partial charge in [-0.25, -0.2) is 0 Å². The molecule has 120 valence electrons. The van der Waals surface area contributed by atoms with Crippen LogP contribution in [0.15, 0.2) is 0 Å². The van der Waals surface area contributed by atoms with E-state index >= 15 is 0 Å². The molecule has 1 saturated heterocycles. The van der Waals surface area contributed by atoms with E-state index in [1.54, 1.807) is 7.11 Å². The Kier molecular flexibility index (Phi) is 7.49. The van der Waals surface area contributed by atoms with Gasteiger partial charge in [-0.1, -0.05) is 13.3 Å². The molecule has 1 aliphatic heterocycles. The van der Waals surface area contributed by atoms with Crippen LogP contribution in [0, 0.1) is 0 Å². The Hall–Kier alpha value is -0.120. The first-order valence-electron chi connectivity index (χ1n) is 8.32. The summed E-state index contributed by atoms with van der Waals surface area (Å²) in [6.45, 7) is 13.2. The van der Waals surface area contributed by atoms with Crippen molar-refractivity contribution < 1.29 is 9.47 Å². The van der Waals surface area contributed by atoms with Gasteiger partial charge < -0.3 is 14.4 Å². The van der Waals surface area contributed by atoms with Crippen molar-refractivity contribution in [1.82, 2.24) is 4.90 Å². The van der Waals surface area contributed by atoms with E-state index in [1.807, 2.05) is 0 Å². The summed E-state index contributed by atoms with van der Waals surface area (Å²) in [5.41, 5.74) is -0.0667. The van der Waals surface area contributed by atoms with Crippen LogP contribution < -0.4 is 0 Å². The molecule has 1 heterocycles. The number of nitrogens with zero attached hydrogens (tertiary/aromatic N) is 1. The molecule has 3 heteroatoms. The molecule has 3 nitrogen and oxygen atoms in total. The molecule has 1 fully saturated rings. The Morgan fingerprint density at radius 1 is 1.00 bits per heavy atom. The van der Waals surface area contributed by atoms with E-state index in [9.17, 15) is 0 Å². The van der Waals surface area contributed by atoms with Crippen molar-refractivity contribution in [3.05, 3.63) is 0 Å². The summed E-state index contributed by atoms with van der Waals surface area (Å²) in [6, 6.07) is 0. The van der Waals surface area contributed by atoms with Crippen molar-refractivity contribution in [2.45, 2.75) is 77.4 Å². The van der Waals surface area contributed by atoms with E-state index in [4.69, 9.17) is 9.47 Å². The van der Waals surface area contributed by atoms with Crippen LogP contribution in [0.1, 0.15) is 66.2 Å². The maximum atomic E-state index is 6.20. The molecule has 1 unspecified atom stereocenters. The minimum atomic E-state index is -0.0818. The first-order valence-corrected chi connectivity index (χ1v) is 8.32. The van der Waals surface area contributed by atoms with Crippen LogP contribution in [0.4, 0.5) is 0 Å². The molecule has 1 aliphatic rings. The number of ether oxygens (including phenoxy) is 2. The Labute approximate surface area is 126 Å². The third-order valence-corrected chi connectivity index (χ3v) is 4.86. The molecule has 0 aromatic rings. The van der Waals surface area contributed by atoms with Gasteiger partial charge in [0.25, 0.3) is 0 Å². The maximum Gasteiger partial charge on any atom is 0.0664 e. The summed E-state index contributed by atoms with van der Waals surface area (Å²) in [6.07, 6.45) is 7.30. The molecule has 20 heavy (non-hydrogen) atoms. The van der Waals surface area contributed by atoms with Gasteiger partial charge in [0.05, 0.1) is 17.8 Å². The van der Waals surface area contributed by atoms with Crippen LogP contribution in [-0.2, 0) is 9.47 Å². The molecule has 0 N–H and O–H groups in total. The van der Waals surface area contributed by atoms with Gasteiger partial charge in [0, 0.05) is 13.7 Å². The van der Waals surface area contributed by atoms with Crippen molar-refractivity contribution in [2.24, 2.45) is 0 Å². The number of hydrogen-bond acceptors (Lipinski definition) is 3. The summed E-state index contributed by atoms with van der Waals surface area (Å²) in [7, 11) is 1.77. The molecular formula is C17H35NO2. The molecule has 1 rings (SSSR count). The lowest BCUT2D eigenvalue weighted by Gasteiger charge is -2.34. The van der Waals surface area contributed by atoms with Gasteiger partial charge in [-0.15, -0.1) is 0 Å². The van der Waals surface area contributed by atoms with Crippen molar-refractivity contribution in [3.63, 3.8) is 0 Å². The summed E-state index contributed by atoms with van der Waals surface area (Å²) >= 11 is 0. The normalized spacial score (nSPS) is 20.9. The van der Waals surface area contributed by atoms with Crippen molar-refractivity contribution in [3.8, 4) is 0 Å². The van der Waals surface area contributed by atoms with Gasteiger partial charge in [0.15, 0.2) is 0 Å². The monoisotopic (exact) mass is 285 g/mol. The van der Waals surface area contributed by atoms with Gasteiger partial charge in [0.1, 0.15) is 0 Å². The van der Waals surface area contributed by atoms with Gasteiger partial charge in [-0.2, -0.15) is 0 Å². The molecule has 0 amide bonds. The van der Waals surface area contributed by atoms with Gasteiger partial charge in [-0.05, 0) is 66.0 Å². The minimum Gasteiger partial charge on any atom is -0.379 e. The average Bonchev–Trinajstić information content (AvgIpc) is 2.46. The smallest absolute Gasteiger partial charge is 0.0664 e. The molecule has 0 aliphatic carbocycles. The Bertz CT molecular complexity index is 262. The van der Waals surface area contributed by atoms with E-state index in [0.717, 1.165) is 25.9 Å². The second-order valence-corrected chi connectivity index (χ2v) is 7.02. The van der Waals surface area contributed by atoms with Crippen molar-refractivity contribution in [2.75, 3.05) is 33.4 Å². The molecule has 0 aromatic carbocycles. The van der Waals surface area contributed by atoms with E-state index in [-0.39, 0.29) is 11.2 Å². The van der Waals surface area contributed by atoms with Crippen LogP contribution in [-0.4, -0.2) is 49.5 Å². The Morgan fingerprint density at radius 2 is 1.65 bits per heavy atom. The number of methoxy groups -OCH3 is 1. The molecule has 0 saturated carbocycles. The second kappa shape index (κ2) is 8.35. The van der Waals surface area contributed by atoms with Crippen LogP contribution in [0.2, 0.25) is 0 Å². The van der Waals surface area contributed by atoms with E-state index < -0.39 is 0 Å². The predicted molar refractivity (Wildman–Crippen MR) is 85.3 cm³/mol. The lowest BCUT2D eigenvalue weighted by Crippen LogP contribution is -2.38. The van der Waals surface area contributed by atoms with Gasteiger partial charge >= 0.3 is 0 Å². The summed E-state index contributed by atoms with van der Waals surface area (Å²) in [4.78, 5) is 2.60. The lowest BCUT2D eigenvalue weighted by atomic mass is 9.97. The molecular weight excluding hydrogens is 250 g/mol. The predicted octanol–water partition coefficient (Wildman–Crippen LogP) is 3.86. The largest absolute Gasteiger partial charge is 0.379 e. The van der Waals surface area contributed by atoms with Crippen molar-refractivity contribution in [1.29, 1.82) is 0 Å². The Balaban J connectivity index is 2.30. The number of likely N-dealkylation sites (tertiary alicyclic amines) is 1. The summed E-state index contributed by atoms with van der Waals surface area (Å²) in [5.74, 6) is 0. The second-order valence-electron chi connectivity index (χ2n) is 7.02. The quantitative estimate of drug-likeness (QED) is 0.642. The average molecular weight is 285 g/mol. The minimum absolute atomic E-state index is 0.0151. The van der Waals surface area contributed by atoms with Crippen LogP contribution >= 0.6 is 0 Å². The number of piperidine rings is 1. The standard InChI is InChI=1S/C17H35NO2/c1-6-17(4,20-15-11-16(2,3)19-5)10-14-18-12-8-7-9-13-18/h6-15H2,1-5H3. The van der Waals surface area contributed by atoms with Gasteiger partial charge in [-0.3, -0.25) is 0 Å². The zero-order chi connectivity index (χ0) is 15.1. The van der Waals surface area contributed by atoms with Crippen LogP contribution in [0.5, 0.6) is 0 Å². The van der Waals surface area contributed by atoms with Crippen LogP contribution in [0.25, 0.3) is 0 Å². The number of rotatable bonds is 9. The topological polar surface area (TPSA) is 21.7 Å². The number of hydrogen-bond donors (Lipinski definition) is 0. The SMILES string of the molecule is CCC(C)(CCN1CCCCC1)OCCC(C)(C)OC. The van der Waals surface area contributed by atoms with Crippen LogP contribution in [0.3, 0.4) is 0 Å². The lowest BCUT2D eigenvalue weighted by molar-refractivity contribution is -0.0748. The van der Waals surface area contributed by atoms with Crippen molar-refractivity contribution >= 4 is 0 Å². The Morgan fingerprint density at radius 3 is 2.20 bits per heavy atom. The fourth-order valence-corrected chi connectivity index (χ4v) is 2.57. The maximum absolute atomic E-state index is 6.20. The third kappa shape index (κ3) is 6.55. The summed E-state index contributed by atoms with van der Waals surface area (Å²) < 4.78 is 11.7. The zero-order valence-electron chi connectivity index (χ0n) is 14.3. The first-order chi connectivity index (χ1) is 9.41. The first kappa shape index (κ1) is 17.9. The third-order valence-electron chi connectivity index (χ3n) is 4.86. The molecule has 0 radical (unpaired) electrons. The molecule has 0 spiro atoms. The fourth-order valence-electron chi connectivity index (χ4n) is 2.57. The molecule has 1 atom stereocenters. The van der Waals surface area contributed by atoms with E-state index in [0.29, 0.717) is 0 Å². The zero-order valence-corrected chi connectivity index (χ0v) is 14.3. The van der Waals surface area contributed by atoms with E-state index in [2.05, 4.69) is 32.6 Å². The highest BCUT2D eigenvalue weighted by atomic mass is 16.5. The summed E-state index contributed by atoms with van der Waals surface area (Å²) in [5, 5.41) is 0. The highest BCUT2D eigenvalue weighted by Gasteiger charge is 2.25.